The molecule has 1 heterocycles. The quantitative estimate of drug-likeness (QED) is 0.609. The summed E-state index contributed by atoms with van der Waals surface area (Å²) in [5, 5.41) is 8.82. The van der Waals surface area contributed by atoms with Crippen LogP contribution in [0.1, 0.15) is 0 Å². The highest BCUT2D eigenvalue weighted by Crippen LogP contribution is 2.14. The molecule has 0 aliphatic heterocycles. The molecule has 1 amide bonds. The van der Waals surface area contributed by atoms with Gasteiger partial charge in [0.15, 0.2) is 0 Å². The number of aromatic nitrogens is 2. The summed E-state index contributed by atoms with van der Waals surface area (Å²) in [4.78, 5) is 21.5. The van der Waals surface area contributed by atoms with Crippen molar-refractivity contribution < 1.29 is 9.53 Å². The lowest BCUT2D eigenvalue weighted by molar-refractivity contribution is -0.122. The second kappa shape index (κ2) is 6.23. The summed E-state index contributed by atoms with van der Waals surface area (Å²) >= 11 is 3.11. The number of nitrogens with two attached hydrogens (primary N) is 1. The van der Waals surface area contributed by atoms with Crippen molar-refractivity contribution >= 4 is 27.5 Å². The maximum atomic E-state index is 11.1. The molecule has 0 saturated heterocycles. The van der Waals surface area contributed by atoms with Gasteiger partial charge >= 0.3 is 0 Å². The van der Waals surface area contributed by atoms with Crippen molar-refractivity contribution in [1.29, 1.82) is 0 Å². The molecule has 0 bridgehead atoms. The van der Waals surface area contributed by atoms with Gasteiger partial charge < -0.3 is 15.8 Å². The van der Waals surface area contributed by atoms with E-state index in [0.717, 1.165) is 0 Å². The molecule has 0 aliphatic carbocycles. The fourth-order valence-corrected chi connectivity index (χ4v) is 1.27. The molecule has 0 unspecified atom stereocenters. The van der Waals surface area contributed by atoms with Gasteiger partial charge in [-0.05, 0) is 15.9 Å². The standard InChI is InChI=1S/C8H11BrN4O3/c9-7-5(3-12-13-8(7)15)11-1-2-16-4-6(10)14/h3H,1-2,4H2,(H2,10,14)(H2,11,13,15). The Bertz CT molecular complexity index is 420. The van der Waals surface area contributed by atoms with Gasteiger partial charge in [-0.25, -0.2) is 5.10 Å². The van der Waals surface area contributed by atoms with Crippen molar-refractivity contribution in [3.05, 3.63) is 21.0 Å². The average molecular weight is 291 g/mol. The molecule has 0 atom stereocenters. The highest BCUT2D eigenvalue weighted by atomic mass is 79.9. The molecule has 0 fully saturated rings. The molecule has 8 heteroatoms. The van der Waals surface area contributed by atoms with Gasteiger partial charge in [0.2, 0.25) is 5.91 Å². The smallest absolute Gasteiger partial charge is 0.280 e. The SMILES string of the molecule is NC(=O)COCCNc1cn[nH]c(=O)c1Br. The molecule has 7 nitrogen and oxygen atoms in total. The van der Waals surface area contributed by atoms with Crippen LogP contribution in [0.4, 0.5) is 5.69 Å². The molecule has 16 heavy (non-hydrogen) atoms. The number of H-pyrrole nitrogens is 1. The van der Waals surface area contributed by atoms with Crippen molar-refractivity contribution in [2.75, 3.05) is 25.1 Å². The number of anilines is 1. The zero-order valence-electron chi connectivity index (χ0n) is 8.33. The number of halogens is 1. The molecular weight excluding hydrogens is 280 g/mol. The Hall–Kier alpha value is -1.41. The number of amides is 1. The van der Waals surface area contributed by atoms with Gasteiger partial charge in [0, 0.05) is 6.54 Å². The molecular formula is C8H11BrN4O3. The summed E-state index contributed by atoms with van der Waals surface area (Å²) in [6.07, 6.45) is 1.47. The summed E-state index contributed by atoms with van der Waals surface area (Å²) in [5.41, 5.74) is 5.13. The number of primary amides is 1. The van der Waals surface area contributed by atoms with Crippen molar-refractivity contribution in [2.45, 2.75) is 0 Å². The van der Waals surface area contributed by atoms with Gasteiger partial charge in [0.1, 0.15) is 11.1 Å². The number of hydrogen-bond donors (Lipinski definition) is 3. The highest BCUT2D eigenvalue weighted by molar-refractivity contribution is 9.10. The van der Waals surface area contributed by atoms with Crippen molar-refractivity contribution in [2.24, 2.45) is 5.73 Å². The molecule has 0 aromatic carbocycles. The van der Waals surface area contributed by atoms with Gasteiger partial charge in [-0.2, -0.15) is 5.10 Å². The van der Waals surface area contributed by atoms with Crippen LogP contribution in [0, 0.1) is 0 Å². The van der Waals surface area contributed by atoms with Gasteiger partial charge in [-0.3, -0.25) is 9.59 Å². The van der Waals surface area contributed by atoms with Gasteiger partial charge in [0.05, 0.1) is 18.5 Å². The van der Waals surface area contributed by atoms with E-state index in [2.05, 4.69) is 31.4 Å². The van der Waals surface area contributed by atoms with Crippen LogP contribution < -0.4 is 16.6 Å². The maximum absolute atomic E-state index is 11.1. The molecule has 1 aromatic heterocycles. The minimum atomic E-state index is -0.515. The lowest BCUT2D eigenvalue weighted by atomic mass is 10.4. The van der Waals surface area contributed by atoms with E-state index in [1.165, 1.54) is 6.20 Å². The summed E-state index contributed by atoms with van der Waals surface area (Å²) in [7, 11) is 0. The molecule has 4 N–H and O–H groups in total. The Balaban J connectivity index is 2.35. The topological polar surface area (TPSA) is 110 Å². The third-order valence-electron chi connectivity index (χ3n) is 1.60. The Morgan fingerprint density at radius 2 is 2.44 bits per heavy atom. The maximum Gasteiger partial charge on any atom is 0.280 e. The normalized spacial score (nSPS) is 10.1. The van der Waals surface area contributed by atoms with E-state index in [9.17, 15) is 9.59 Å². The molecule has 0 aliphatic rings. The zero-order valence-corrected chi connectivity index (χ0v) is 9.91. The van der Waals surface area contributed by atoms with Crippen LogP contribution in [-0.4, -0.2) is 35.9 Å². The number of nitrogens with one attached hydrogen (secondary N) is 2. The van der Waals surface area contributed by atoms with Gasteiger partial charge in [-0.1, -0.05) is 0 Å². The summed E-state index contributed by atoms with van der Waals surface area (Å²) in [6.45, 7) is 0.635. The van der Waals surface area contributed by atoms with Crippen LogP contribution in [0.3, 0.4) is 0 Å². The van der Waals surface area contributed by atoms with E-state index in [-0.39, 0.29) is 12.2 Å². The first kappa shape index (κ1) is 12.7. The number of carbonyl (C=O) groups is 1. The predicted molar refractivity (Wildman–Crippen MR) is 61.1 cm³/mol. The highest BCUT2D eigenvalue weighted by Gasteiger charge is 2.03. The first-order valence-corrected chi connectivity index (χ1v) is 5.23. The third kappa shape index (κ3) is 3.99. The van der Waals surface area contributed by atoms with Crippen molar-refractivity contribution in [1.82, 2.24) is 10.2 Å². The van der Waals surface area contributed by atoms with E-state index < -0.39 is 5.91 Å². The predicted octanol–water partition coefficient (Wildman–Crippen LogP) is -0.554. The second-order valence-electron chi connectivity index (χ2n) is 2.87. The lowest BCUT2D eigenvalue weighted by Crippen LogP contribution is -2.21. The van der Waals surface area contributed by atoms with Crippen molar-refractivity contribution in [3.8, 4) is 0 Å². The molecule has 1 aromatic rings. The average Bonchev–Trinajstić information content (AvgIpc) is 2.23. The van der Waals surface area contributed by atoms with Crippen molar-refractivity contribution in [3.63, 3.8) is 0 Å². The molecule has 88 valence electrons. The van der Waals surface area contributed by atoms with E-state index in [1.807, 2.05) is 0 Å². The van der Waals surface area contributed by atoms with E-state index in [1.54, 1.807) is 0 Å². The van der Waals surface area contributed by atoms with Crippen LogP contribution in [0.15, 0.2) is 15.5 Å². The number of ether oxygens (including phenoxy) is 1. The number of aromatic amines is 1. The summed E-state index contributed by atoms with van der Waals surface area (Å²) in [5.74, 6) is -0.515. The molecule has 0 saturated carbocycles. The summed E-state index contributed by atoms with van der Waals surface area (Å²) in [6, 6.07) is 0. The number of hydrogen-bond acceptors (Lipinski definition) is 5. The monoisotopic (exact) mass is 290 g/mol. The Labute approximate surface area is 99.5 Å². The van der Waals surface area contributed by atoms with Gasteiger partial charge in [0.25, 0.3) is 5.56 Å². The molecule has 0 spiro atoms. The summed E-state index contributed by atoms with van der Waals surface area (Å²) < 4.78 is 5.30. The van der Waals surface area contributed by atoms with E-state index in [0.29, 0.717) is 23.3 Å². The number of nitrogens with zero attached hydrogens (tertiary/aromatic N) is 1. The number of carbonyl (C=O) groups excluding carboxylic acids is 1. The second-order valence-corrected chi connectivity index (χ2v) is 3.67. The minimum Gasteiger partial charge on any atom is -0.380 e. The third-order valence-corrected chi connectivity index (χ3v) is 2.39. The molecule has 1 rings (SSSR count). The Kier molecular flexibility index (Phi) is 4.93. The first-order valence-electron chi connectivity index (χ1n) is 4.44. The molecule has 0 radical (unpaired) electrons. The van der Waals surface area contributed by atoms with Crippen LogP contribution in [0.25, 0.3) is 0 Å². The van der Waals surface area contributed by atoms with Crippen LogP contribution in [0.5, 0.6) is 0 Å². The number of rotatable bonds is 6. The van der Waals surface area contributed by atoms with Gasteiger partial charge in [-0.15, -0.1) is 0 Å². The zero-order chi connectivity index (χ0) is 12.0. The van der Waals surface area contributed by atoms with E-state index in [4.69, 9.17) is 10.5 Å². The fourth-order valence-electron chi connectivity index (χ4n) is 0.937. The van der Waals surface area contributed by atoms with E-state index >= 15 is 0 Å². The Morgan fingerprint density at radius 3 is 3.12 bits per heavy atom. The van der Waals surface area contributed by atoms with Crippen LogP contribution >= 0.6 is 15.9 Å². The fraction of sp³-hybridized carbons (Fsp3) is 0.375. The minimum absolute atomic E-state index is 0.115. The lowest BCUT2D eigenvalue weighted by Gasteiger charge is -2.06. The first-order chi connectivity index (χ1) is 7.61. The largest absolute Gasteiger partial charge is 0.380 e. The Morgan fingerprint density at radius 1 is 1.69 bits per heavy atom. The van der Waals surface area contributed by atoms with Crippen LogP contribution in [-0.2, 0) is 9.53 Å². The van der Waals surface area contributed by atoms with Crippen LogP contribution in [0.2, 0.25) is 0 Å².